The minimum Gasteiger partial charge on any atom is -0.389 e. The molecule has 0 aromatic rings. The molecule has 5 nitrogen and oxygen atoms in total. The number of carbonyl (C=O) groups excluding carboxylic acids is 1. The van der Waals surface area contributed by atoms with Crippen molar-refractivity contribution in [3.63, 3.8) is 0 Å². The van der Waals surface area contributed by atoms with E-state index in [1.807, 2.05) is 18.7 Å². The van der Waals surface area contributed by atoms with E-state index in [4.69, 9.17) is 5.73 Å². The summed E-state index contributed by atoms with van der Waals surface area (Å²) in [5.41, 5.74) is 4.48. The number of primary amides is 1. The normalized spacial score (nSPS) is 20.5. The maximum Gasteiger partial charge on any atom is 0.231 e. The van der Waals surface area contributed by atoms with Gasteiger partial charge in [-0.15, -0.1) is 0 Å². The lowest BCUT2D eigenvalue weighted by Crippen LogP contribution is -2.51. The molecule has 1 heterocycles. The van der Waals surface area contributed by atoms with Gasteiger partial charge in [-0.3, -0.25) is 14.6 Å². The first-order chi connectivity index (χ1) is 6.87. The van der Waals surface area contributed by atoms with Crippen LogP contribution in [0, 0.1) is 0 Å². The first-order valence-corrected chi connectivity index (χ1v) is 5.32. The molecule has 1 amide bonds. The lowest BCUT2D eigenvalue weighted by Gasteiger charge is -2.36. The fourth-order valence-corrected chi connectivity index (χ4v) is 1.87. The summed E-state index contributed by atoms with van der Waals surface area (Å²) in [6, 6.07) is 0. The van der Waals surface area contributed by atoms with Gasteiger partial charge in [0, 0.05) is 32.7 Å². The van der Waals surface area contributed by atoms with E-state index in [0.717, 1.165) is 26.2 Å². The maximum absolute atomic E-state index is 10.7. The Morgan fingerprint density at radius 3 is 2.13 bits per heavy atom. The highest BCUT2D eigenvalue weighted by Gasteiger charge is 2.22. The molecule has 5 heteroatoms. The average molecular weight is 215 g/mol. The van der Waals surface area contributed by atoms with Crippen molar-refractivity contribution < 1.29 is 9.90 Å². The van der Waals surface area contributed by atoms with Crippen LogP contribution in [0.2, 0.25) is 0 Å². The zero-order valence-corrected chi connectivity index (χ0v) is 9.57. The molecule has 0 atom stereocenters. The van der Waals surface area contributed by atoms with Crippen LogP contribution >= 0.6 is 0 Å². The number of aliphatic hydroxyl groups is 1. The van der Waals surface area contributed by atoms with Crippen molar-refractivity contribution in [3.8, 4) is 0 Å². The number of carbonyl (C=O) groups is 1. The monoisotopic (exact) mass is 215 g/mol. The molecule has 88 valence electrons. The molecule has 1 fully saturated rings. The van der Waals surface area contributed by atoms with Crippen molar-refractivity contribution in [2.24, 2.45) is 5.73 Å². The molecule has 0 aromatic heterocycles. The van der Waals surface area contributed by atoms with Gasteiger partial charge in [0.25, 0.3) is 0 Å². The summed E-state index contributed by atoms with van der Waals surface area (Å²) >= 11 is 0. The SMILES string of the molecule is CC(C)(O)CN1CCN(CC(N)=O)CC1. The third-order valence-corrected chi connectivity index (χ3v) is 2.45. The van der Waals surface area contributed by atoms with Gasteiger partial charge in [0.2, 0.25) is 5.91 Å². The summed E-state index contributed by atoms with van der Waals surface area (Å²) in [5, 5.41) is 9.65. The smallest absolute Gasteiger partial charge is 0.231 e. The summed E-state index contributed by atoms with van der Waals surface area (Å²) in [6.07, 6.45) is 0. The highest BCUT2D eigenvalue weighted by molar-refractivity contribution is 5.75. The summed E-state index contributed by atoms with van der Waals surface area (Å²) in [4.78, 5) is 15.0. The number of nitrogens with two attached hydrogens (primary N) is 1. The van der Waals surface area contributed by atoms with Crippen molar-refractivity contribution in [2.45, 2.75) is 19.4 Å². The van der Waals surface area contributed by atoms with E-state index in [0.29, 0.717) is 13.1 Å². The predicted octanol–water partition coefficient (Wildman–Crippen LogP) is -1.14. The first kappa shape index (κ1) is 12.4. The standard InChI is InChI=1S/C10H21N3O2/c1-10(2,15)8-13-5-3-12(4-6-13)7-9(11)14/h15H,3-8H2,1-2H3,(H2,11,14). The molecule has 0 aromatic carbocycles. The second-order valence-electron chi connectivity index (χ2n) is 4.83. The molecule has 1 saturated heterocycles. The molecule has 0 radical (unpaired) electrons. The van der Waals surface area contributed by atoms with Gasteiger partial charge >= 0.3 is 0 Å². The summed E-state index contributed by atoms with van der Waals surface area (Å²) in [5.74, 6) is -0.272. The summed E-state index contributed by atoms with van der Waals surface area (Å²) in [6.45, 7) is 8.10. The average Bonchev–Trinajstić information content (AvgIpc) is 2.05. The van der Waals surface area contributed by atoms with Gasteiger partial charge in [0.15, 0.2) is 0 Å². The number of hydrogen-bond donors (Lipinski definition) is 2. The van der Waals surface area contributed by atoms with Crippen LogP contribution in [0.3, 0.4) is 0 Å². The molecule has 1 aliphatic rings. The third-order valence-electron chi connectivity index (χ3n) is 2.45. The quantitative estimate of drug-likeness (QED) is 0.622. The number of β-amino-alcohol motifs (C(OH)–C–C–N with tert-alkyl or cyclic N) is 1. The predicted molar refractivity (Wildman–Crippen MR) is 58.4 cm³/mol. The Labute approximate surface area is 90.8 Å². The molecular weight excluding hydrogens is 194 g/mol. The Morgan fingerprint density at radius 2 is 1.73 bits per heavy atom. The topological polar surface area (TPSA) is 69.8 Å². The second kappa shape index (κ2) is 4.92. The van der Waals surface area contributed by atoms with Gasteiger partial charge in [-0.2, -0.15) is 0 Å². The first-order valence-electron chi connectivity index (χ1n) is 5.32. The van der Waals surface area contributed by atoms with Crippen LogP contribution in [0.15, 0.2) is 0 Å². The Morgan fingerprint density at radius 1 is 1.27 bits per heavy atom. The van der Waals surface area contributed by atoms with Crippen LogP contribution in [-0.2, 0) is 4.79 Å². The van der Waals surface area contributed by atoms with Crippen molar-refractivity contribution in [2.75, 3.05) is 39.3 Å². The van der Waals surface area contributed by atoms with Gasteiger partial charge in [-0.05, 0) is 13.8 Å². The van der Waals surface area contributed by atoms with Gasteiger partial charge in [0.05, 0.1) is 12.1 Å². The fraction of sp³-hybridized carbons (Fsp3) is 0.900. The van der Waals surface area contributed by atoms with E-state index in [2.05, 4.69) is 4.90 Å². The minimum atomic E-state index is -0.647. The number of nitrogens with zero attached hydrogens (tertiary/aromatic N) is 2. The van der Waals surface area contributed by atoms with Crippen LogP contribution in [0.4, 0.5) is 0 Å². The number of piperazine rings is 1. The van der Waals surface area contributed by atoms with E-state index >= 15 is 0 Å². The molecule has 0 unspecified atom stereocenters. The Hall–Kier alpha value is -0.650. The molecule has 1 rings (SSSR count). The van der Waals surface area contributed by atoms with Crippen molar-refractivity contribution in [1.82, 2.24) is 9.80 Å². The van der Waals surface area contributed by atoms with Gasteiger partial charge in [-0.1, -0.05) is 0 Å². The van der Waals surface area contributed by atoms with Crippen molar-refractivity contribution >= 4 is 5.91 Å². The van der Waals surface area contributed by atoms with Gasteiger partial charge in [0.1, 0.15) is 0 Å². The Bertz CT molecular complexity index is 217. The number of rotatable bonds is 4. The molecular formula is C10H21N3O2. The van der Waals surface area contributed by atoms with E-state index in [9.17, 15) is 9.90 Å². The molecule has 3 N–H and O–H groups in total. The van der Waals surface area contributed by atoms with Crippen molar-refractivity contribution in [1.29, 1.82) is 0 Å². The highest BCUT2D eigenvalue weighted by Crippen LogP contribution is 2.08. The zero-order valence-electron chi connectivity index (χ0n) is 9.57. The fourth-order valence-electron chi connectivity index (χ4n) is 1.87. The highest BCUT2D eigenvalue weighted by atomic mass is 16.3. The lowest BCUT2D eigenvalue weighted by molar-refractivity contribution is -0.119. The van der Waals surface area contributed by atoms with Crippen LogP contribution in [0.1, 0.15) is 13.8 Å². The molecule has 0 bridgehead atoms. The van der Waals surface area contributed by atoms with E-state index in [1.54, 1.807) is 0 Å². The number of amides is 1. The summed E-state index contributed by atoms with van der Waals surface area (Å²) < 4.78 is 0. The Kier molecular flexibility index (Phi) is 4.07. The summed E-state index contributed by atoms with van der Waals surface area (Å²) in [7, 11) is 0. The van der Waals surface area contributed by atoms with Crippen LogP contribution < -0.4 is 5.73 Å². The Balaban J connectivity index is 2.27. The minimum absolute atomic E-state index is 0.272. The van der Waals surface area contributed by atoms with Crippen LogP contribution in [-0.4, -0.2) is 65.7 Å². The van der Waals surface area contributed by atoms with Crippen LogP contribution in [0.5, 0.6) is 0 Å². The molecule has 1 aliphatic heterocycles. The lowest BCUT2D eigenvalue weighted by atomic mass is 10.1. The maximum atomic E-state index is 10.7. The largest absolute Gasteiger partial charge is 0.389 e. The van der Waals surface area contributed by atoms with Crippen molar-refractivity contribution in [3.05, 3.63) is 0 Å². The third kappa shape index (κ3) is 5.11. The number of hydrogen-bond acceptors (Lipinski definition) is 4. The van der Waals surface area contributed by atoms with E-state index in [-0.39, 0.29) is 5.91 Å². The van der Waals surface area contributed by atoms with E-state index in [1.165, 1.54) is 0 Å². The van der Waals surface area contributed by atoms with E-state index < -0.39 is 5.60 Å². The molecule has 0 saturated carbocycles. The zero-order chi connectivity index (χ0) is 11.5. The van der Waals surface area contributed by atoms with Crippen LogP contribution in [0.25, 0.3) is 0 Å². The molecule has 15 heavy (non-hydrogen) atoms. The van der Waals surface area contributed by atoms with Gasteiger partial charge < -0.3 is 10.8 Å². The van der Waals surface area contributed by atoms with Gasteiger partial charge in [-0.25, -0.2) is 0 Å². The molecule has 0 aliphatic carbocycles. The second-order valence-corrected chi connectivity index (χ2v) is 4.83. The molecule has 0 spiro atoms.